The molecule has 3 aromatic heterocycles. The number of imidazole rings is 1. The highest BCUT2D eigenvalue weighted by Gasteiger charge is 2.29. The molecule has 8 aromatic rings. The zero-order valence-corrected chi connectivity index (χ0v) is 49.6. The van der Waals surface area contributed by atoms with Crippen LogP contribution < -0.4 is 9.47 Å². The summed E-state index contributed by atoms with van der Waals surface area (Å²) in [5.74, 6) is -2.15. The molecule has 31 nitrogen and oxygen atoms in total. The standard InChI is InChI=1S/C45H40N10O21S8/c1-21-11-31(51-53-39-23(3)28(20-46)43-47-40-33(55(43)44(39)56)13-24(75-4)14-37(40)83(69,70)71)34(76-7-5-9-79(57,58)59)18-29(21)49-52-32-12-22(2)30(19-35(32)77-8-6-10-80(60,61)62)50-54-45-48-41-38(84(72,73)74)17-26-27(42(41)78-45)15-25(81(63,64)65)16-36(26)82(66,67)68/h11-19,56H,5-10H2,1-4H3,(H,57,58,59)(H,60,61,62)(H,63,64,65)(H,66,67,68)(H,69,70,71)(H,72,73,74). The average Bonchev–Trinajstić information content (AvgIpc) is 2.06. The maximum Gasteiger partial charge on any atom is 0.296 e. The highest BCUT2D eigenvalue weighted by atomic mass is 32.2. The largest absolute Gasteiger partial charge is 0.497 e. The van der Waals surface area contributed by atoms with E-state index in [1.807, 2.05) is 6.07 Å². The van der Waals surface area contributed by atoms with E-state index in [2.05, 4.69) is 40.7 Å². The van der Waals surface area contributed by atoms with Gasteiger partial charge in [-0.1, -0.05) is 11.3 Å². The molecular weight excluding hydrogens is 1270 g/mol. The number of methoxy groups -OCH3 is 1. The van der Waals surface area contributed by atoms with Crippen molar-refractivity contribution in [1.82, 2.24) is 14.4 Å². The van der Waals surface area contributed by atoms with Crippen molar-refractivity contribution in [3.63, 3.8) is 0 Å². The number of fused-ring (bicyclic) bond motifs is 6. The van der Waals surface area contributed by atoms with Gasteiger partial charge in [-0.3, -0.25) is 31.7 Å². The first-order chi connectivity index (χ1) is 39.0. The van der Waals surface area contributed by atoms with Crippen LogP contribution in [0.1, 0.15) is 35.1 Å². The lowest BCUT2D eigenvalue weighted by Gasteiger charge is -2.12. The summed E-state index contributed by atoms with van der Waals surface area (Å²) in [6.45, 7) is 4.18. The zero-order valence-electron chi connectivity index (χ0n) is 43.0. The number of nitrogens with zero attached hydrogens (tertiary/aromatic N) is 10. The van der Waals surface area contributed by atoms with E-state index in [0.29, 0.717) is 34.6 Å². The molecule has 0 aliphatic carbocycles. The number of pyridine rings is 1. The molecule has 39 heteroatoms. The van der Waals surface area contributed by atoms with Gasteiger partial charge in [0.2, 0.25) is 11.0 Å². The number of azo groups is 3. The summed E-state index contributed by atoms with van der Waals surface area (Å²) in [6, 6.07) is 11.7. The van der Waals surface area contributed by atoms with Crippen LogP contribution in [0, 0.1) is 32.1 Å². The molecule has 0 bridgehead atoms. The Bertz CT molecular complexity index is 4970. The van der Waals surface area contributed by atoms with Crippen molar-refractivity contribution >= 4 is 155 Å². The highest BCUT2D eigenvalue weighted by molar-refractivity contribution is 7.99. The molecule has 0 atom stereocenters. The molecule has 444 valence electrons. The first-order valence-electron chi connectivity index (χ1n) is 23.1. The summed E-state index contributed by atoms with van der Waals surface area (Å²) >= 11 is 1.57. The zero-order chi connectivity index (χ0) is 61.8. The van der Waals surface area contributed by atoms with Gasteiger partial charge in [0.05, 0.1) is 57.4 Å². The Morgan fingerprint density at radius 3 is 1.82 bits per heavy atom. The van der Waals surface area contributed by atoms with Gasteiger partial charge in [-0.25, -0.2) is 9.97 Å². The first-order valence-corrected chi connectivity index (χ1v) is 33.9. The van der Waals surface area contributed by atoms with Crippen molar-refractivity contribution in [2.75, 3.05) is 31.0 Å². The molecule has 0 unspecified atom stereocenters. The number of benzene rings is 5. The number of aryl methyl sites for hydroxylation is 2. The molecule has 0 saturated heterocycles. The molecule has 84 heavy (non-hydrogen) atoms. The number of aromatic hydroxyl groups is 1. The normalized spacial score (nSPS) is 13.2. The van der Waals surface area contributed by atoms with Crippen LogP contribution in [0.25, 0.3) is 37.7 Å². The summed E-state index contributed by atoms with van der Waals surface area (Å²) in [4.78, 5) is 4.85. The van der Waals surface area contributed by atoms with Crippen molar-refractivity contribution in [3.05, 3.63) is 76.9 Å². The third-order valence-electron chi connectivity index (χ3n) is 12.0. The van der Waals surface area contributed by atoms with Gasteiger partial charge in [-0.15, -0.1) is 37.3 Å². The monoisotopic (exact) mass is 1310 g/mol. The minimum Gasteiger partial charge on any atom is -0.497 e. The Kier molecular flexibility index (Phi) is 17.4. The Labute approximate surface area is 484 Å². The van der Waals surface area contributed by atoms with Gasteiger partial charge < -0.3 is 14.6 Å². The van der Waals surface area contributed by atoms with Crippen molar-refractivity contribution < 1.29 is 92.4 Å². The van der Waals surface area contributed by atoms with Crippen LogP contribution in [0.15, 0.2) is 110 Å². The fraction of sp³-hybridized carbons (Fsp3) is 0.222. The van der Waals surface area contributed by atoms with Gasteiger partial charge in [0.15, 0.2) is 11.3 Å². The summed E-state index contributed by atoms with van der Waals surface area (Å²) in [6.07, 6.45) is -0.304. The van der Waals surface area contributed by atoms with E-state index >= 15 is 0 Å². The van der Waals surface area contributed by atoms with Crippen LogP contribution in [0.2, 0.25) is 0 Å². The minimum atomic E-state index is -5.32. The van der Waals surface area contributed by atoms with Crippen LogP contribution in [0.3, 0.4) is 0 Å². The molecule has 0 amide bonds. The number of thiazole rings is 1. The highest BCUT2D eigenvalue weighted by Crippen LogP contribution is 2.45. The van der Waals surface area contributed by atoms with Crippen LogP contribution in [-0.2, 0) is 60.7 Å². The maximum absolute atomic E-state index is 12.6. The van der Waals surface area contributed by atoms with Crippen molar-refractivity contribution in [3.8, 4) is 23.4 Å². The maximum atomic E-state index is 12.6. The van der Waals surface area contributed by atoms with Crippen LogP contribution in [0.4, 0.5) is 33.6 Å². The molecule has 0 radical (unpaired) electrons. The van der Waals surface area contributed by atoms with Crippen molar-refractivity contribution in [2.24, 2.45) is 30.7 Å². The second-order valence-corrected chi connectivity index (χ2v) is 28.7. The minimum absolute atomic E-state index is 0.0205. The number of rotatable bonds is 21. The van der Waals surface area contributed by atoms with E-state index in [1.54, 1.807) is 13.8 Å². The molecular formula is C45H40N10O21S8. The van der Waals surface area contributed by atoms with E-state index < -0.39 is 109 Å². The lowest BCUT2D eigenvalue weighted by Crippen LogP contribution is -2.08. The molecule has 5 aromatic carbocycles. The molecule has 7 N–H and O–H groups in total. The third kappa shape index (κ3) is 13.8. The lowest BCUT2D eigenvalue weighted by molar-refractivity contribution is 0.317. The Hall–Kier alpha value is -7.30. The fourth-order valence-electron chi connectivity index (χ4n) is 8.11. The van der Waals surface area contributed by atoms with E-state index in [0.717, 1.165) is 28.3 Å². The predicted octanol–water partition coefficient (Wildman–Crippen LogP) is 9.02. The lowest BCUT2D eigenvalue weighted by atomic mass is 10.1. The van der Waals surface area contributed by atoms with Crippen molar-refractivity contribution in [1.29, 1.82) is 5.26 Å². The van der Waals surface area contributed by atoms with E-state index in [-0.39, 0.29) is 113 Å². The molecule has 8 rings (SSSR count). The molecule has 0 fully saturated rings. The second-order valence-electron chi connectivity index (χ2n) is 17.8. The average molecular weight is 1310 g/mol. The molecule has 3 heterocycles. The predicted molar refractivity (Wildman–Crippen MR) is 300 cm³/mol. The topological polar surface area (TPSA) is 493 Å². The number of aromatic nitrogens is 3. The van der Waals surface area contributed by atoms with Crippen LogP contribution >= 0.6 is 23.1 Å². The van der Waals surface area contributed by atoms with Gasteiger partial charge in [-0.2, -0.15) is 60.9 Å². The quantitative estimate of drug-likeness (QED) is 0.0153. The molecule has 0 aliphatic heterocycles. The fourth-order valence-corrected chi connectivity index (χ4v) is 13.9. The summed E-state index contributed by atoms with van der Waals surface area (Å²) in [5.41, 5.74) is -0.746. The van der Waals surface area contributed by atoms with Crippen LogP contribution in [0.5, 0.6) is 17.4 Å². The van der Waals surface area contributed by atoms with Crippen LogP contribution in [-0.4, -0.2) is 128 Å². The van der Waals surface area contributed by atoms with Crippen molar-refractivity contribution in [2.45, 2.75) is 58.1 Å². The van der Waals surface area contributed by atoms with E-state index in [9.17, 15) is 88.2 Å². The molecule has 0 aliphatic rings. The Balaban J connectivity index is 1.21. The third-order valence-corrected chi connectivity index (χ3v) is 19.1. The Morgan fingerprint density at radius 2 is 1.21 bits per heavy atom. The van der Waals surface area contributed by atoms with Gasteiger partial charge in [0.1, 0.15) is 54.5 Å². The smallest absolute Gasteiger partial charge is 0.296 e. The van der Waals surface area contributed by atoms with E-state index in [1.165, 1.54) is 44.4 Å². The van der Waals surface area contributed by atoms with Gasteiger partial charge >= 0.3 is 0 Å². The molecule has 0 spiro atoms. The Morgan fingerprint density at radius 1 is 0.631 bits per heavy atom. The summed E-state index contributed by atoms with van der Waals surface area (Å²) in [7, 11) is -28.2. The number of thioether (sulfide) groups is 1. The van der Waals surface area contributed by atoms with Gasteiger partial charge in [-0.05, 0) is 86.9 Å². The van der Waals surface area contributed by atoms with Gasteiger partial charge in [0.25, 0.3) is 60.7 Å². The number of ether oxygens (including phenoxy) is 2. The summed E-state index contributed by atoms with van der Waals surface area (Å²) in [5, 5.41) is 46.4. The number of hydrogen-bond donors (Lipinski definition) is 7. The number of hydrogen-bond acceptors (Lipinski definition) is 26. The van der Waals surface area contributed by atoms with E-state index in [4.69, 9.17) is 9.47 Å². The second kappa shape index (κ2) is 23.3. The molecule has 0 saturated carbocycles. The summed E-state index contributed by atoms with van der Waals surface area (Å²) < 4.78 is 216. The van der Waals surface area contributed by atoms with Gasteiger partial charge in [0, 0.05) is 39.4 Å². The first kappa shape index (κ1) is 62.7. The number of nitriles is 1. The SMILES string of the molecule is COc1cc(S(=O)(=O)O)c2nc3c(C#N)c(C)c(N=Nc4cc(C)c(N=Nc5cc(C)c(N=Nc6nc7c(S(=O)(=O)O)cc8c(S(=O)(=O)O)cc(S(=O)(=O)O)cc8c7s6)cc5SCCCS(=O)(=O)O)cc4OCCCS(=O)(=O)O)c(O)n3c2c1.